The molecule has 2 aromatic carbocycles. The molecular weight excluding hydrogens is 402 g/mol. The Kier molecular flexibility index (Phi) is 6.97. The minimum atomic E-state index is -4.23. The molecule has 0 N–H and O–H groups in total. The normalized spacial score (nSPS) is 12.1. The van der Waals surface area contributed by atoms with E-state index in [9.17, 15) is 21.6 Å². The Morgan fingerprint density at radius 2 is 1.39 bits per heavy atom. The van der Waals surface area contributed by atoms with E-state index in [1.165, 1.54) is 40.7 Å². The van der Waals surface area contributed by atoms with Crippen LogP contribution in [-0.4, -0.2) is 40.0 Å². The molecule has 0 atom stereocenters. The smallest absolute Gasteiger partial charge is 0.339 e. The van der Waals surface area contributed by atoms with Gasteiger partial charge in [0.1, 0.15) is 4.90 Å². The monoisotopic (exact) mass is 425 g/mol. The summed E-state index contributed by atoms with van der Waals surface area (Å²) in [6.45, 7) is 5.74. The van der Waals surface area contributed by atoms with Crippen molar-refractivity contribution in [2.75, 3.05) is 13.1 Å². The molecule has 2 rings (SSSR count). The third-order valence-corrected chi connectivity index (χ3v) is 7.48. The first-order valence-corrected chi connectivity index (χ1v) is 11.7. The van der Waals surface area contributed by atoms with Gasteiger partial charge in [-0.2, -0.15) is 12.7 Å². The lowest BCUT2D eigenvalue weighted by Gasteiger charge is -2.18. The summed E-state index contributed by atoms with van der Waals surface area (Å²) < 4.78 is 56.6. The molecule has 0 aromatic heterocycles. The highest BCUT2D eigenvalue weighted by Crippen LogP contribution is 2.25. The van der Waals surface area contributed by atoms with Crippen molar-refractivity contribution >= 4 is 25.9 Å². The molecule has 7 nitrogen and oxygen atoms in total. The number of carbonyl (C=O) groups is 1. The number of hydrogen-bond donors (Lipinski definition) is 0. The molecule has 9 heteroatoms. The van der Waals surface area contributed by atoms with Gasteiger partial charge in [0.2, 0.25) is 10.0 Å². The van der Waals surface area contributed by atoms with E-state index in [2.05, 4.69) is 0 Å². The van der Waals surface area contributed by atoms with E-state index in [1.54, 1.807) is 32.9 Å². The summed E-state index contributed by atoms with van der Waals surface area (Å²) in [5.41, 5.74) is 0.175. The van der Waals surface area contributed by atoms with Gasteiger partial charge in [-0.25, -0.2) is 8.42 Å². The van der Waals surface area contributed by atoms with Crippen molar-refractivity contribution in [3.05, 3.63) is 54.1 Å². The molecule has 152 valence electrons. The first-order valence-electron chi connectivity index (χ1n) is 8.84. The van der Waals surface area contributed by atoms with Crippen LogP contribution in [0, 0.1) is 0 Å². The van der Waals surface area contributed by atoms with E-state index in [-0.39, 0.29) is 33.3 Å². The van der Waals surface area contributed by atoms with Crippen molar-refractivity contribution in [2.45, 2.75) is 37.0 Å². The van der Waals surface area contributed by atoms with Gasteiger partial charge >= 0.3 is 10.1 Å². The van der Waals surface area contributed by atoms with Crippen molar-refractivity contribution in [3.63, 3.8) is 0 Å². The van der Waals surface area contributed by atoms with Gasteiger partial charge in [0.25, 0.3) is 0 Å². The zero-order chi connectivity index (χ0) is 20.9. The van der Waals surface area contributed by atoms with Crippen molar-refractivity contribution in [1.29, 1.82) is 0 Å². The van der Waals surface area contributed by atoms with Gasteiger partial charge in [0, 0.05) is 19.5 Å². The fraction of sp³-hybridized carbons (Fsp3) is 0.316. The molecule has 0 unspecified atom stereocenters. The SMILES string of the molecule is CCC(=O)c1ccccc1OS(=O)(=O)c1ccc(S(=O)(=O)N(CC)CC)cc1. The first-order chi connectivity index (χ1) is 13.2. The highest BCUT2D eigenvalue weighted by atomic mass is 32.2. The maximum Gasteiger partial charge on any atom is 0.339 e. The average molecular weight is 426 g/mol. The minimum Gasteiger partial charge on any atom is -0.378 e. The Bertz CT molecular complexity index is 1040. The molecule has 0 heterocycles. The van der Waals surface area contributed by atoms with E-state index in [0.29, 0.717) is 13.1 Å². The third-order valence-electron chi connectivity index (χ3n) is 4.16. The van der Waals surface area contributed by atoms with Gasteiger partial charge in [-0.1, -0.05) is 32.9 Å². The van der Waals surface area contributed by atoms with Crippen LogP contribution in [0.4, 0.5) is 0 Å². The number of para-hydroxylation sites is 1. The molecule has 0 aliphatic carbocycles. The fourth-order valence-corrected chi connectivity index (χ4v) is 5.02. The first kappa shape index (κ1) is 22.1. The van der Waals surface area contributed by atoms with Crippen LogP contribution >= 0.6 is 0 Å². The van der Waals surface area contributed by atoms with Gasteiger partial charge in [-0.3, -0.25) is 4.79 Å². The second kappa shape index (κ2) is 8.85. The Labute approximate surface area is 166 Å². The van der Waals surface area contributed by atoms with Gasteiger partial charge in [-0.15, -0.1) is 0 Å². The molecule has 2 aromatic rings. The zero-order valence-corrected chi connectivity index (χ0v) is 17.6. The fourth-order valence-electron chi connectivity index (χ4n) is 2.62. The van der Waals surface area contributed by atoms with E-state index >= 15 is 0 Å². The molecule has 28 heavy (non-hydrogen) atoms. The van der Waals surface area contributed by atoms with Crippen LogP contribution in [0.3, 0.4) is 0 Å². The van der Waals surface area contributed by atoms with Gasteiger partial charge in [-0.05, 0) is 36.4 Å². The lowest BCUT2D eigenvalue weighted by Crippen LogP contribution is -2.30. The maximum atomic E-state index is 12.6. The predicted molar refractivity (Wildman–Crippen MR) is 105 cm³/mol. The summed E-state index contributed by atoms with van der Waals surface area (Å²) in [6, 6.07) is 10.9. The van der Waals surface area contributed by atoms with Crippen LogP contribution in [0.1, 0.15) is 37.6 Å². The van der Waals surface area contributed by atoms with Gasteiger partial charge in [0.15, 0.2) is 11.5 Å². The maximum absolute atomic E-state index is 12.6. The van der Waals surface area contributed by atoms with E-state index in [4.69, 9.17) is 4.18 Å². The largest absolute Gasteiger partial charge is 0.378 e. The predicted octanol–water partition coefficient (Wildman–Crippen LogP) is 3.08. The molecule has 0 aliphatic rings. The summed E-state index contributed by atoms with van der Waals surface area (Å²) in [4.78, 5) is 11.8. The van der Waals surface area contributed by atoms with E-state index in [0.717, 1.165) is 0 Å². The highest BCUT2D eigenvalue weighted by Gasteiger charge is 2.24. The lowest BCUT2D eigenvalue weighted by molar-refractivity contribution is 0.0986. The zero-order valence-electron chi connectivity index (χ0n) is 16.0. The number of sulfonamides is 1. The number of carbonyl (C=O) groups excluding carboxylic acids is 1. The van der Waals surface area contributed by atoms with Crippen molar-refractivity contribution in [3.8, 4) is 5.75 Å². The van der Waals surface area contributed by atoms with E-state index in [1.807, 2.05) is 0 Å². The van der Waals surface area contributed by atoms with E-state index < -0.39 is 20.1 Å². The molecular formula is C19H23NO6S2. The van der Waals surface area contributed by atoms with Crippen LogP contribution in [0.25, 0.3) is 0 Å². The molecule has 0 fully saturated rings. The topological polar surface area (TPSA) is 97.8 Å². The molecule has 0 bridgehead atoms. The quantitative estimate of drug-likeness (QED) is 0.452. The average Bonchev–Trinajstić information content (AvgIpc) is 2.68. The Morgan fingerprint density at radius 1 is 0.857 bits per heavy atom. The van der Waals surface area contributed by atoms with Crippen LogP contribution in [0.15, 0.2) is 58.3 Å². The molecule has 0 amide bonds. The summed E-state index contributed by atoms with van der Waals surface area (Å²) in [5.74, 6) is -0.305. The molecule has 0 saturated carbocycles. The molecule has 0 radical (unpaired) electrons. The summed E-state index contributed by atoms with van der Waals surface area (Å²) in [5, 5.41) is 0. The van der Waals surface area contributed by atoms with Crippen molar-refractivity contribution in [2.24, 2.45) is 0 Å². The number of nitrogens with zero attached hydrogens (tertiary/aromatic N) is 1. The van der Waals surface area contributed by atoms with Crippen LogP contribution in [0.5, 0.6) is 5.75 Å². The summed E-state index contributed by atoms with van der Waals surface area (Å²) >= 11 is 0. The second-order valence-corrected chi connectivity index (χ2v) is 9.36. The van der Waals surface area contributed by atoms with Crippen LogP contribution < -0.4 is 4.18 Å². The number of benzene rings is 2. The highest BCUT2D eigenvalue weighted by molar-refractivity contribution is 7.89. The van der Waals surface area contributed by atoms with Gasteiger partial charge in [0.05, 0.1) is 10.5 Å². The van der Waals surface area contributed by atoms with Crippen LogP contribution in [-0.2, 0) is 20.1 Å². The molecule has 0 saturated heterocycles. The van der Waals surface area contributed by atoms with Gasteiger partial charge < -0.3 is 4.18 Å². The Morgan fingerprint density at radius 3 is 1.93 bits per heavy atom. The van der Waals surface area contributed by atoms with Crippen molar-refractivity contribution < 1.29 is 25.8 Å². The Hall–Kier alpha value is -2.23. The minimum absolute atomic E-state index is 0.00305. The van der Waals surface area contributed by atoms with Crippen molar-refractivity contribution in [1.82, 2.24) is 4.31 Å². The number of Topliss-reactive ketones (excluding diaryl/α,β-unsaturated/α-hetero) is 1. The summed E-state index contributed by atoms with van der Waals surface area (Å²) in [7, 11) is -7.92. The molecule has 0 spiro atoms. The standard InChI is InChI=1S/C19H23NO6S2/c1-4-18(21)17-9-7-8-10-19(17)26-28(24,25)16-13-11-15(12-14-16)27(22,23)20(5-2)6-3/h7-14H,4-6H2,1-3H3. The molecule has 0 aliphatic heterocycles. The second-order valence-electron chi connectivity index (χ2n) is 5.87. The number of ketones is 1. The number of rotatable bonds is 9. The van der Waals surface area contributed by atoms with Crippen LogP contribution in [0.2, 0.25) is 0 Å². The summed E-state index contributed by atoms with van der Waals surface area (Å²) in [6.07, 6.45) is 0.207. The third kappa shape index (κ3) is 4.60. The lowest BCUT2D eigenvalue weighted by atomic mass is 10.1. The Balaban J connectivity index is 2.35. The number of hydrogen-bond acceptors (Lipinski definition) is 6.